The lowest BCUT2D eigenvalue weighted by Gasteiger charge is -2.43. The van der Waals surface area contributed by atoms with Crippen molar-refractivity contribution in [1.29, 1.82) is 0 Å². The van der Waals surface area contributed by atoms with Crippen molar-refractivity contribution in [2.45, 2.75) is 37.7 Å². The van der Waals surface area contributed by atoms with Crippen molar-refractivity contribution in [3.8, 4) is 0 Å². The number of aliphatic hydroxyl groups is 1. The van der Waals surface area contributed by atoms with Crippen molar-refractivity contribution in [2.75, 3.05) is 11.9 Å². The van der Waals surface area contributed by atoms with Gasteiger partial charge in [-0.3, -0.25) is 0 Å². The van der Waals surface area contributed by atoms with Crippen molar-refractivity contribution in [3.05, 3.63) is 21.3 Å². The Hall–Kier alpha value is -0.320. The quantitative estimate of drug-likeness (QED) is 0.764. The molecule has 3 rings (SSSR count). The van der Waals surface area contributed by atoms with E-state index in [9.17, 15) is 5.11 Å². The van der Waals surface area contributed by atoms with Gasteiger partial charge in [0, 0.05) is 18.3 Å². The third-order valence-corrected chi connectivity index (χ3v) is 5.41. The van der Waals surface area contributed by atoms with Crippen LogP contribution in [0.1, 0.15) is 37.7 Å². The van der Waals surface area contributed by atoms with Gasteiger partial charge in [0.1, 0.15) is 5.82 Å². The number of halogens is 2. The van der Waals surface area contributed by atoms with Gasteiger partial charge in [-0.1, -0.05) is 11.6 Å². The lowest BCUT2D eigenvalue weighted by Crippen LogP contribution is -2.41. The molecule has 1 fully saturated rings. The maximum absolute atomic E-state index is 10.2. The highest BCUT2D eigenvalue weighted by Gasteiger charge is 2.41. The van der Waals surface area contributed by atoms with E-state index in [1.807, 2.05) is 6.92 Å². The van der Waals surface area contributed by atoms with Crippen LogP contribution in [-0.4, -0.2) is 22.2 Å². The Morgan fingerprint density at radius 2 is 2.39 bits per heavy atom. The third kappa shape index (κ3) is 2.04. The van der Waals surface area contributed by atoms with Crippen LogP contribution < -0.4 is 5.32 Å². The van der Waals surface area contributed by atoms with E-state index in [4.69, 9.17) is 11.6 Å². The van der Waals surface area contributed by atoms with Crippen LogP contribution in [0.4, 0.5) is 5.82 Å². The van der Waals surface area contributed by atoms with E-state index in [1.165, 1.54) is 0 Å². The highest BCUT2D eigenvalue weighted by molar-refractivity contribution is 9.10. The van der Waals surface area contributed by atoms with E-state index in [2.05, 4.69) is 26.2 Å². The minimum atomic E-state index is -0.535. The summed E-state index contributed by atoms with van der Waals surface area (Å²) in [5.41, 5.74) is 0.588. The van der Waals surface area contributed by atoms with Crippen LogP contribution in [0.5, 0.6) is 0 Å². The summed E-state index contributed by atoms with van der Waals surface area (Å²) in [6.07, 6.45) is 4.38. The molecule has 1 aliphatic carbocycles. The van der Waals surface area contributed by atoms with E-state index in [1.54, 1.807) is 6.20 Å². The molecule has 2 heterocycles. The second-order valence-electron chi connectivity index (χ2n) is 5.67. The van der Waals surface area contributed by atoms with Gasteiger partial charge in [0.25, 0.3) is 0 Å². The highest BCUT2D eigenvalue weighted by Crippen LogP contribution is 2.49. The van der Waals surface area contributed by atoms with Gasteiger partial charge in [-0.25, -0.2) is 4.98 Å². The second kappa shape index (κ2) is 4.36. The van der Waals surface area contributed by atoms with Crippen molar-refractivity contribution in [2.24, 2.45) is 5.92 Å². The van der Waals surface area contributed by atoms with Gasteiger partial charge in [-0.15, -0.1) is 0 Å². The van der Waals surface area contributed by atoms with Crippen LogP contribution in [0.3, 0.4) is 0 Å². The van der Waals surface area contributed by atoms with Crippen LogP contribution in [0, 0.1) is 5.92 Å². The minimum absolute atomic E-state index is 0.416. The maximum Gasteiger partial charge on any atom is 0.131 e. The third-order valence-electron chi connectivity index (χ3n) is 4.18. The first-order valence-corrected chi connectivity index (χ1v) is 7.45. The monoisotopic (exact) mass is 330 g/mol. The molecule has 5 heteroatoms. The van der Waals surface area contributed by atoms with Crippen molar-refractivity contribution >= 4 is 33.3 Å². The second-order valence-corrected chi connectivity index (χ2v) is 6.90. The summed E-state index contributed by atoms with van der Waals surface area (Å²) in [5, 5.41) is 14.3. The Kier molecular flexibility index (Phi) is 3.07. The van der Waals surface area contributed by atoms with Crippen LogP contribution >= 0.6 is 27.5 Å². The average molecular weight is 332 g/mol. The average Bonchev–Trinajstić information content (AvgIpc) is 2.32. The summed E-state index contributed by atoms with van der Waals surface area (Å²) in [7, 11) is 0. The Bertz CT molecular complexity index is 492. The Morgan fingerprint density at radius 3 is 3.17 bits per heavy atom. The van der Waals surface area contributed by atoms with Crippen molar-refractivity contribution in [3.63, 3.8) is 0 Å². The molecule has 0 aromatic carbocycles. The first kappa shape index (κ1) is 12.7. The van der Waals surface area contributed by atoms with Gasteiger partial charge in [0.05, 0.1) is 15.1 Å². The summed E-state index contributed by atoms with van der Waals surface area (Å²) >= 11 is 9.85. The molecule has 1 saturated carbocycles. The number of anilines is 1. The molecule has 0 saturated heterocycles. The summed E-state index contributed by atoms with van der Waals surface area (Å²) in [5.74, 6) is 1.76. The molecule has 1 aromatic rings. The number of pyridine rings is 1. The first-order chi connectivity index (χ1) is 8.48. The number of hydrogen-bond acceptors (Lipinski definition) is 3. The Balaban J connectivity index is 2.01. The topological polar surface area (TPSA) is 45.2 Å². The lowest BCUT2D eigenvalue weighted by atomic mass is 9.68. The molecule has 3 nitrogen and oxygen atoms in total. The Labute approximate surface area is 120 Å². The molecule has 2 aliphatic rings. The standard InChI is InChI=1S/C13H16BrClN2O/c1-13(18)3-2-8-7(4-13)5-16-12-10(8)11(15)9(14)6-17-12/h6-8,18H,2-5H2,1H3,(H,16,17)/t7?,8-,13+/m1/s1. The first-order valence-electron chi connectivity index (χ1n) is 6.28. The fourth-order valence-corrected chi connectivity index (χ4v) is 3.89. The zero-order valence-electron chi connectivity index (χ0n) is 10.2. The number of hydrogen-bond donors (Lipinski definition) is 2. The van der Waals surface area contributed by atoms with Gasteiger partial charge in [0.15, 0.2) is 0 Å². The fraction of sp³-hybridized carbons (Fsp3) is 0.615. The number of aromatic nitrogens is 1. The summed E-state index contributed by atoms with van der Waals surface area (Å²) < 4.78 is 0.850. The number of rotatable bonds is 0. The number of fused-ring (bicyclic) bond motifs is 3. The lowest BCUT2D eigenvalue weighted by molar-refractivity contribution is -0.00499. The van der Waals surface area contributed by atoms with Gasteiger partial charge >= 0.3 is 0 Å². The van der Waals surface area contributed by atoms with Gasteiger partial charge < -0.3 is 10.4 Å². The molecule has 0 spiro atoms. The number of nitrogens with one attached hydrogen (secondary N) is 1. The largest absolute Gasteiger partial charge is 0.390 e. The van der Waals surface area contributed by atoms with Crippen LogP contribution in [-0.2, 0) is 0 Å². The van der Waals surface area contributed by atoms with E-state index < -0.39 is 5.60 Å². The normalized spacial score (nSPS) is 34.4. The number of nitrogens with zero attached hydrogens (tertiary/aromatic N) is 1. The predicted molar refractivity (Wildman–Crippen MR) is 76.1 cm³/mol. The molecule has 0 bridgehead atoms. The molecule has 2 N–H and O–H groups in total. The van der Waals surface area contributed by atoms with Crippen molar-refractivity contribution < 1.29 is 5.11 Å². The molecular weight excluding hydrogens is 316 g/mol. The molecule has 3 atom stereocenters. The predicted octanol–water partition coefficient (Wildman–Crippen LogP) is 3.56. The molecule has 1 aliphatic heterocycles. The zero-order chi connectivity index (χ0) is 12.9. The van der Waals surface area contributed by atoms with E-state index in [0.29, 0.717) is 11.8 Å². The molecule has 18 heavy (non-hydrogen) atoms. The molecule has 98 valence electrons. The van der Waals surface area contributed by atoms with Crippen molar-refractivity contribution in [1.82, 2.24) is 4.98 Å². The summed E-state index contributed by atoms with van der Waals surface area (Å²) in [6.45, 7) is 2.80. The summed E-state index contributed by atoms with van der Waals surface area (Å²) in [6, 6.07) is 0. The van der Waals surface area contributed by atoms with Gasteiger partial charge in [-0.2, -0.15) is 0 Å². The van der Waals surface area contributed by atoms with Crippen LogP contribution in [0.2, 0.25) is 5.02 Å². The van der Waals surface area contributed by atoms with Crippen LogP contribution in [0.25, 0.3) is 0 Å². The molecule has 0 radical (unpaired) electrons. The van der Waals surface area contributed by atoms with E-state index in [-0.39, 0.29) is 0 Å². The smallest absolute Gasteiger partial charge is 0.131 e. The molecule has 1 unspecified atom stereocenters. The van der Waals surface area contributed by atoms with Gasteiger partial charge in [0.2, 0.25) is 0 Å². The van der Waals surface area contributed by atoms with E-state index >= 15 is 0 Å². The molecule has 1 aromatic heterocycles. The zero-order valence-corrected chi connectivity index (χ0v) is 12.6. The van der Waals surface area contributed by atoms with E-state index in [0.717, 1.165) is 46.7 Å². The fourth-order valence-electron chi connectivity index (χ4n) is 3.29. The minimum Gasteiger partial charge on any atom is -0.390 e. The molecule has 0 amide bonds. The SMILES string of the molecule is C[C@]1(O)CC[C@H]2c3c(ncc(Br)c3Cl)NCC2C1. The molecular formula is C13H16BrClN2O. The van der Waals surface area contributed by atoms with Gasteiger partial charge in [-0.05, 0) is 54.0 Å². The highest BCUT2D eigenvalue weighted by atomic mass is 79.9. The summed E-state index contributed by atoms with van der Waals surface area (Å²) in [4.78, 5) is 4.40. The maximum atomic E-state index is 10.2. The van der Waals surface area contributed by atoms with Crippen LogP contribution in [0.15, 0.2) is 10.7 Å². The Morgan fingerprint density at radius 1 is 1.61 bits per heavy atom.